The van der Waals surface area contributed by atoms with E-state index in [9.17, 15) is 9.59 Å². The molecule has 0 bridgehead atoms. The van der Waals surface area contributed by atoms with Crippen LogP contribution in [-0.2, 0) is 0 Å². The number of hydrogen-bond donors (Lipinski definition) is 2. The molecule has 0 saturated carbocycles. The van der Waals surface area contributed by atoms with E-state index in [1.54, 1.807) is 12.3 Å². The Morgan fingerprint density at radius 3 is 2.83 bits per heavy atom. The van der Waals surface area contributed by atoms with E-state index in [2.05, 4.69) is 47.9 Å². The number of hydrogen-bond acceptors (Lipinski definition) is 4. The molecule has 0 radical (unpaired) electrons. The second kappa shape index (κ2) is 8.61. The van der Waals surface area contributed by atoms with Gasteiger partial charge in [-0.2, -0.15) is 0 Å². The standard InChI is InChI=1S/C23H23N3O3/c1-23(2,3)15-29-20-10-13-24-19-9-8-16(14-18(19)20)6-4-11-25-21(27)17-7-5-12-26-22(17)28/h5,7-10,12-14H,11,15H2,1-3H3,(H,25,27)(H,26,28). The highest BCUT2D eigenvalue weighted by Gasteiger charge is 2.13. The van der Waals surface area contributed by atoms with Gasteiger partial charge >= 0.3 is 0 Å². The van der Waals surface area contributed by atoms with Crippen LogP contribution in [0.15, 0.2) is 53.6 Å². The molecule has 6 nitrogen and oxygen atoms in total. The SMILES string of the molecule is CC(C)(C)COc1ccnc2ccc(C#CCNC(=O)c3ccc[nH]c3=O)cc12. The van der Waals surface area contributed by atoms with Gasteiger partial charge in [0.15, 0.2) is 0 Å². The molecule has 0 unspecified atom stereocenters. The number of nitrogens with zero attached hydrogens (tertiary/aromatic N) is 1. The maximum Gasteiger partial charge on any atom is 0.260 e. The highest BCUT2D eigenvalue weighted by molar-refractivity contribution is 5.93. The second-order valence-corrected chi connectivity index (χ2v) is 7.79. The average Bonchev–Trinajstić information content (AvgIpc) is 2.69. The first kappa shape index (κ1) is 20.2. The molecule has 1 aromatic carbocycles. The van der Waals surface area contributed by atoms with Crippen LogP contribution < -0.4 is 15.6 Å². The van der Waals surface area contributed by atoms with Crippen LogP contribution in [0.4, 0.5) is 0 Å². The molecule has 148 valence electrons. The highest BCUT2D eigenvalue weighted by Crippen LogP contribution is 2.26. The largest absolute Gasteiger partial charge is 0.492 e. The fourth-order valence-corrected chi connectivity index (χ4v) is 2.59. The lowest BCUT2D eigenvalue weighted by molar-refractivity contribution is 0.0957. The molecule has 0 saturated heterocycles. The van der Waals surface area contributed by atoms with Crippen LogP contribution in [0.2, 0.25) is 0 Å². The van der Waals surface area contributed by atoms with E-state index >= 15 is 0 Å². The first-order valence-electron chi connectivity index (χ1n) is 9.30. The zero-order valence-corrected chi connectivity index (χ0v) is 16.7. The normalized spacial score (nSPS) is 10.9. The van der Waals surface area contributed by atoms with Gasteiger partial charge in [0.05, 0.1) is 18.7 Å². The van der Waals surface area contributed by atoms with E-state index in [4.69, 9.17) is 4.74 Å². The Kier molecular flexibility index (Phi) is 5.99. The van der Waals surface area contributed by atoms with E-state index in [1.807, 2.05) is 24.3 Å². The van der Waals surface area contributed by atoms with Crippen LogP contribution in [0.5, 0.6) is 5.75 Å². The lowest BCUT2D eigenvalue weighted by Crippen LogP contribution is -2.29. The Morgan fingerprint density at radius 1 is 1.24 bits per heavy atom. The molecule has 6 heteroatoms. The smallest absolute Gasteiger partial charge is 0.260 e. The molecule has 0 spiro atoms. The lowest BCUT2D eigenvalue weighted by Gasteiger charge is -2.19. The van der Waals surface area contributed by atoms with Gasteiger partial charge in [-0.25, -0.2) is 0 Å². The van der Waals surface area contributed by atoms with Crippen LogP contribution in [0, 0.1) is 17.3 Å². The van der Waals surface area contributed by atoms with Gasteiger partial charge in [-0.15, -0.1) is 0 Å². The summed E-state index contributed by atoms with van der Waals surface area (Å²) < 4.78 is 5.98. The van der Waals surface area contributed by atoms with Gasteiger partial charge in [0.25, 0.3) is 11.5 Å². The van der Waals surface area contributed by atoms with Gasteiger partial charge in [0.2, 0.25) is 0 Å². The van der Waals surface area contributed by atoms with Gasteiger partial charge < -0.3 is 15.0 Å². The van der Waals surface area contributed by atoms with Crippen LogP contribution in [0.1, 0.15) is 36.7 Å². The van der Waals surface area contributed by atoms with Crippen LogP contribution in [0.3, 0.4) is 0 Å². The van der Waals surface area contributed by atoms with Crippen molar-refractivity contribution >= 4 is 16.8 Å². The van der Waals surface area contributed by atoms with E-state index in [0.29, 0.717) is 6.61 Å². The fourth-order valence-electron chi connectivity index (χ4n) is 2.59. The number of pyridine rings is 2. The highest BCUT2D eigenvalue weighted by atomic mass is 16.5. The van der Waals surface area contributed by atoms with Crippen molar-refractivity contribution in [2.24, 2.45) is 5.41 Å². The van der Waals surface area contributed by atoms with Crippen molar-refractivity contribution in [2.45, 2.75) is 20.8 Å². The van der Waals surface area contributed by atoms with Crippen molar-refractivity contribution in [3.05, 3.63) is 70.3 Å². The van der Waals surface area contributed by atoms with Crippen LogP contribution in [-0.4, -0.2) is 29.0 Å². The average molecular weight is 389 g/mol. The second-order valence-electron chi connectivity index (χ2n) is 7.79. The number of H-pyrrole nitrogens is 1. The molecular formula is C23H23N3O3. The van der Waals surface area contributed by atoms with Crippen molar-refractivity contribution in [2.75, 3.05) is 13.2 Å². The number of ether oxygens (including phenoxy) is 1. The summed E-state index contributed by atoms with van der Waals surface area (Å²) >= 11 is 0. The van der Waals surface area contributed by atoms with Crippen molar-refractivity contribution in [3.8, 4) is 17.6 Å². The number of carbonyl (C=O) groups excluding carboxylic acids is 1. The molecular weight excluding hydrogens is 366 g/mol. The minimum absolute atomic E-state index is 0.0473. The van der Waals surface area contributed by atoms with E-state index in [0.717, 1.165) is 22.2 Å². The number of aromatic amines is 1. The number of benzene rings is 1. The van der Waals surface area contributed by atoms with Crippen molar-refractivity contribution < 1.29 is 9.53 Å². The zero-order valence-electron chi connectivity index (χ0n) is 16.7. The van der Waals surface area contributed by atoms with Gasteiger partial charge in [0, 0.05) is 23.3 Å². The molecule has 2 heterocycles. The molecule has 3 rings (SSSR count). The third-order valence-corrected chi connectivity index (χ3v) is 4.00. The Hall–Kier alpha value is -3.59. The van der Waals surface area contributed by atoms with Crippen LogP contribution in [0.25, 0.3) is 10.9 Å². The van der Waals surface area contributed by atoms with Gasteiger partial charge in [-0.05, 0) is 41.8 Å². The van der Waals surface area contributed by atoms with E-state index in [1.165, 1.54) is 12.3 Å². The summed E-state index contributed by atoms with van der Waals surface area (Å²) in [4.78, 5) is 30.5. The Morgan fingerprint density at radius 2 is 2.07 bits per heavy atom. The Balaban J connectivity index is 1.72. The number of aromatic nitrogens is 2. The maximum atomic E-state index is 12.0. The van der Waals surface area contributed by atoms with Gasteiger partial charge in [0.1, 0.15) is 11.3 Å². The molecule has 0 aliphatic carbocycles. The first-order valence-corrected chi connectivity index (χ1v) is 9.30. The molecule has 2 N–H and O–H groups in total. The molecule has 2 aromatic heterocycles. The summed E-state index contributed by atoms with van der Waals surface area (Å²) in [6.07, 6.45) is 3.21. The summed E-state index contributed by atoms with van der Waals surface area (Å²) in [5.41, 5.74) is 1.30. The lowest BCUT2D eigenvalue weighted by atomic mass is 9.98. The maximum absolute atomic E-state index is 12.0. The Bertz CT molecular complexity index is 1150. The summed E-state index contributed by atoms with van der Waals surface area (Å²) in [6.45, 7) is 7.07. The minimum Gasteiger partial charge on any atom is -0.492 e. The van der Waals surface area contributed by atoms with Crippen molar-refractivity contribution in [3.63, 3.8) is 0 Å². The predicted molar refractivity (Wildman–Crippen MR) is 113 cm³/mol. The molecule has 0 aliphatic heterocycles. The minimum atomic E-state index is -0.457. The molecule has 0 aliphatic rings. The quantitative estimate of drug-likeness (QED) is 0.672. The van der Waals surface area contributed by atoms with Crippen LogP contribution >= 0.6 is 0 Å². The molecule has 29 heavy (non-hydrogen) atoms. The molecule has 3 aromatic rings. The number of amides is 1. The predicted octanol–water partition coefficient (Wildman–Crippen LogP) is 3.13. The van der Waals surface area contributed by atoms with Gasteiger partial charge in [-0.1, -0.05) is 32.6 Å². The fraction of sp³-hybridized carbons (Fsp3) is 0.261. The summed E-state index contributed by atoms with van der Waals surface area (Å²) in [6, 6.07) is 10.6. The molecule has 0 fully saturated rings. The third-order valence-electron chi connectivity index (χ3n) is 4.00. The first-order chi connectivity index (χ1) is 13.8. The Labute approximate surface area is 169 Å². The number of fused-ring (bicyclic) bond motifs is 1. The number of rotatable bonds is 4. The molecule has 0 atom stereocenters. The zero-order chi connectivity index (χ0) is 20.9. The van der Waals surface area contributed by atoms with Crippen molar-refractivity contribution in [1.82, 2.24) is 15.3 Å². The summed E-state index contributed by atoms with van der Waals surface area (Å²) in [5.74, 6) is 6.24. The monoisotopic (exact) mass is 389 g/mol. The third kappa shape index (κ3) is 5.45. The van der Waals surface area contributed by atoms with E-state index in [-0.39, 0.29) is 17.5 Å². The summed E-state index contributed by atoms with van der Waals surface area (Å²) in [5, 5.41) is 3.52. The van der Waals surface area contributed by atoms with E-state index < -0.39 is 11.5 Å². The number of carbonyl (C=O) groups is 1. The van der Waals surface area contributed by atoms with Crippen molar-refractivity contribution in [1.29, 1.82) is 0 Å². The molecule has 1 amide bonds. The summed E-state index contributed by atoms with van der Waals surface area (Å²) in [7, 11) is 0. The topological polar surface area (TPSA) is 84.1 Å². The number of nitrogens with one attached hydrogen (secondary N) is 2. The van der Waals surface area contributed by atoms with Gasteiger partial charge in [-0.3, -0.25) is 14.6 Å².